The Morgan fingerprint density at radius 1 is 1.06 bits per heavy atom. The highest BCUT2D eigenvalue weighted by Gasteiger charge is 2.51. The summed E-state index contributed by atoms with van der Waals surface area (Å²) in [5.74, 6) is 0.769. The lowest BCUT2D eigenvalue weighted by Gasteiger charge is -2.56. The van der Waals surface area contributed by atoms with Crippen LogP contribution in [0.4, 0.5) is 4.79 Å². The van der Waals surface area contributed by atoms with Crippen molar-refractivity contribution in [2.45, 2.75) is 44.1 Å². The predicted molar refractivity (Wildman–Crippen MR) is 118 cm³/mol. The van der Waals surface area contributed by atoms with Gasteiger partial charge >= 0.3 is 12.0 Å². The molecular weight excluding hydrogens is 424 g/mol. The lowest BCUT2D eigenvalue weighted by molar-refractivity contribution is -0.123. The standard InChI is InChI=1S/C24H28N4O5/c1-32-19-13-28(18-5-3-2-4-6-18)27-21(19)22(30)33-14-20(29)25-23(31)26-24-10-15-7-16(11-24)9-17(8-15)12-24/h2-6,13,15-17H,7-12,14H2,1H3,(H2,25,26,29,31). The fourth-order valence-corrected chi connectivity index (χ4v) is 6.26. The van der Waals surface area contributed by atoms with E-state index in [4.69, 9.17) is 9.47 Å². The van der Waals surface area contributed by atoms with Crippen molar-refractivity contribution in [1.29, 1.82) is 0 Å². The summed E-state index contributed by atoms with van der Waals surface area (Å²) in [7, 11) is 1.42. The first-order chi connectivity index (χ1) is 15.9. The van der Waals surface area contributed by atoms with Crippen LogP contribution in [0.2, 0.25) is 0 Å². The van der Waals surface area contributed by atoms with E-state index >= 15 is 0 Å². The molecule has 0 aliphatic heterocycles. The van der Waals surface area contributed by atoms with Gasteiger partial charge in [-0.05, 0) is 68.4 Å². The van der Waals surface area contributed by atoms with Gasteiger partial charge in [0.2, 0.25) is 5.69 Å². The zero-order valence-electron chi connectivity index (χ0n) is 18.6. The van der Waals surface area contributed by atoms with E-state index < -0.39 is 24.5 Å². The molecule has 0 saturated heterocycles. The molecule has 0 radical (unpaired) electrons. The number of nitrogens with one attached hydrogen (secondary N) is 2. The first-order valence-electron chi connectivity index (χ1n) is 11.4. The molecule has 4 bridgehead atoms. The van der Waals surface area contributed by atoms with Gasteiger partial charge in [-0.2, -0.15) is 5.10 Å². The average molecular weight is 453 g/mol. The summed E-state index contributed by atoms with van der Waals surface area (Å²) in [5, 5.41) is 9.58. The number of urea groups is 1. The van der Waals surface area contributed by atoms with Crippen LogP contribution in [0.3, 0.4) is 0 Å². The number of esters is 1. The average Bonchev–Trinajstić information content (AvgIpc) is 3.21. The van der Waals surface area contributed by atoms with Gasteiger partial charge < -0.3 is 14.8 Å². The number of para-hydroxylation sites is 1. The highest BCUT2D eigenvalue weighted by molar-refractivity contribution is 5.97. The van der Waals surface area contributed by atoms with E-state index in [1.807, 2.05) is 30.3 Å². The van der Waals surface area contributed by atoms with Crippen LogP contribution in [0.5, 0.6) is 5.75 Å². The second-order valence-electron chi connectivity index (χ2n) is 9.60. The third kappa shape index (κ3) is 4.44. The molecule has 0 atom stereocenters. The molecule has 1 heterocycles. The van der Waals surface area contributed by atoms with E-state index in [1.54, 1.807) is 6.20 Å². The second-order valence-corrected chi connectivity index (χ2v) is 9.60. The van der Waals surface area contributed by atoms with Crippen LogP contribution in [0.1, 0.15) is 49.0 Å². The first kappa shape index (κ1) is 21.5. The van der Waals surface area contributed by atoms with Crippen molar-refractivity contribution in [3.8, 4) is 11.4 Å². The van der Waals surface area contributed by atoms with E-state index in [0.717, 1.165) is 24.9 Å². The largest absolute Gasteiger partial charge is 0.493 e. The molecule has 1 aromatic heterocycles. The summed E-state index contributed by atoms with van der Waals surface area (Å²) in [4.78, 5) is 37.2. The van der Waals surface area contributed by atoms with Crippen molar-refractivity contribution >= 4 is 17.9 Å². The van der Waals surface area contributed by atoms with Crippen molar-refractivity contribution in [2.24, 2.45) is 17.8 Å². The number of hydrogen-bond donors (Lipinski definition) is 2. The number of carbonyl (C=O) groups excluding carboxylic acids is 3. The molecule has 4 aliphatic rings. The van der Waals surface area contributed by atoms with Gasteiger partial charge in [-0.1, -0.05) is 18.2 Å². The Balaban J connectivity index is 1.15. The van der Waals surface area contributed by atoms with E-state index in [1.165, 1.54) is 31.1 Å². The summed E-state index contributed by atoms with van der Waals surface area (Å²) >= 11 is 0. The number of amides is 3. The highest BCUT2D eigenvalue weighted by Crippen LogP contribution is 2.55. The Hall–Kier alpha value is -3.36. The maximum absolute atomic E-state index is 12.5. The smallest absolute Gasteiger partial charge is 0.363 e. The van der Waals surface area contributed by atoms with Gasteiger partial charge in [0.15, 0.2) is 12.4 Å². The topological polar surface area (TPSA) is 112 Å². The number of aromatic nitrogens is 2. The lowest BCUT2D eigenvalue weighted by atomic mass is 9.53. The number of benzene rings is 1. The third-order valence-electron chi connectivity index (χ3n) is 7.12. The molecule has 3 amide bonds. The molecule has 33 heavy (non-hydrogen) atoms. The van der Waals surface area contributed by atoms with Gasteiger partial charge in [0.1, 0.15) is 0 Å². The van der Waals surface area contributed by atoms with Crippen LogP contribution in [0.25, 0.3) is 5.69 Å². The van der Waals surface area contributed by atoms with Crippen LogP contribution < -0.4 is 15.4 Å². The van der Waals surface area contributed by atoms with E-state index in [0.29, 0.717) is 17.8 Å². The van der Waals surface area contributed by atoms with Crippen LogP contribution in [0, 0.1) is 17.8 Å². The molecule has 174 valence electrons. The molecule has 2 aromatic rings. The number of rotatable bonds is 6. The van der Waals surface area contributed by atoms with Gasteiger partial charge in [-0.25, -0.2) is 14.3 Å². The molecule has 6 rings (SSSR count). The molecule has 4 aliphatic carbocycles. The number of hydrogen-bond acceptors (Lipinski definition) is 6. The number of nitrogens with zero attached hydrogens (tertiary/aromatic N) is 2. The first-order valence-corrected chi connectivity index (χ1v) is 11.4. The minimum atomic E-state index is -0.807. The van der Waals surface area contributed by atoms with Gasteiger partial charge in [-0.3, -0.25) is 10.1 Å². The monoisotopic (exact) mass is 452 g/mol. The van der Waals surface area contributed by atoms with Crippen molar-refractivity contribution in [3.05, 3.63) is 42.2 Å². The molecule has 1 aromatic carbocycles. The Bertz CT molecular complexity index is 1030. The Kier molecular flexibility index (Phi) is 5.55. The summed E-state index contributed by atoms with van der Waals surface area (Å²) in [6.45, 7) is -0.589. The molecular formula is C24H28N4O5. The number of ether oxygens (including phenoxy) is 2. The third-order valence-corrected chi connectivity index (χ3v) is 7.12. The summed E-state index contributed by atoms with van der Waals surface area (Å²) < 4.78 is 11.8. The van der Waals surface area contributed by atoms with Crippen molar-refractivity contribution < 1.29 is 23.9 Å². The highest BCUT2D eigenvalue weighted by atomic mass is 16.5. The number of imide groups is 1. The van der Waals surface area contributed by atoms with Crippen molar-refractivity contribution in [3.63, 3.8) is 0 Å². The van der Waals surface area contributed by atoms with Crippen LogP contribution in [-0.4, -0.2) is 46.9 Å². The van der Waals surface area contributed by atoms with Crippen LogP contribution in [0.15, 0.2) is 36.5 Å². The van der Waals surface area contributed by atoms with Crippen molar-refractivity contribution in [2.75, 3.05) is 13.7 Å². The molecule has 9 heteroatoms. The molecule has 9 nitrogen and oxygen atoms in total. The normalized spacial score (nSPS) is 27.1. The molecule has 0 spiro atoms. The van der Waals surface area contributed by atoms with Gasteiger partial charge in [0, 0.05) is 5.54 Å². The Labute approximate surface area is 191 Å². The summed E-state index contributed by atoms with van der Waals surface area (Å²) in [6, 6.07) is 8.70. The Morgan fingerprint density at radius 3 is 2.30 bits per heavy atom. The SMILES string of the molecule is COc1cn(-c2ccccc2)nc1C(=O)OCC(=O)NC(=O)NC12CC3CC(CC(C3)C1)C2. The van der Waals surface area contributed by atoms with Crippen LogP contribution in [-0.2, 0) is 9.53 Å². The maximum atomic E-state index is 12.5. The van der Waals surface area contributed by atoms with Gasteiger partial charge in [0.25, 0.3) is 5.91 Å². The van der Waals surface area contributed by atoms with E-state index in [2.05, 4.69) is 15.7 Å². The minimum absolute atomic E-state index is 0.0489. The summed E-state index contributed by atoms with van der Waals surface area (Å²) in [5.41, 5.74) is 0.495. The van der Waals surface area contributed by atoms with E-state index in [9.17, 15) is 14.4 Å². The quantitative estimate of drug-likeness (QED) is 0.652. The van der Waals surface area contributed by atoms with Crippen molar-refractivity contribution in [1.82, 2.24) is 20.4 Å². The Morgan fingerprint density at radius 2 is 1.70 bits per heavy atom. The fraction of sp³-hybridized carbons (Fsp3) is 0.500. The van der Waals surface area contributed by atoms with Gasteiger partial charge in [0.05, 0.1) is 19.0 Å². The van der Waals surface area contributed by atoms with E-state index in [-0.39, 0.29) is 17.0 Å². The van der Waals surface area contributed by atoms with Gasteiger partial charge in [-0.15, -0.1) is 0 Å². The zero-order chi connectivity index (χ0) is 23.0. The molecule has 4 saturated carbocycles. The summed E-state index contributed by atoms with van der Waals surface area (Å²) in [6.07, 6.45) is 8.31. The molecule has 0 unspecified atom stereocenters. The number of carbonyl (C=O) groups is 3. The lowest BCUT2D eigenvalue weighted by Crippen LogP contribution is -2.62. The molecule has 2 N–H and O–H groups in total. The zero-order valence-corrected chi connectivity index (χ0v) is 18.6. The minimum Gasteiger partial charge on any atom is -0.493 e. The fourth-order valence-electron chi connectivity index (χ4n) is 6.26. The predicted octanol–water partition coefficient (Wildman–Crippen LogP) is 2.83. The second kappa shape index (κ2) is 8.53. The maximum Gasteiger partial charge on any atom is 0.363 e. The van der Waals surface area contributed by atoms with Crippen LogP contribution >= 0.6 is 0 Å². The number of methoxy groups -OCH3 is 1. The molecule has 4 fully saturated rings.